The fourth-order valence-electron chi connectivity index (χ4n) is 3.00. The molecule has 0 spiro atoms. The molecule has 0 aliphatic heterocycles. The molecule has 0 radical (unpaired) electrons. The van der Waals surface area contributed by atoms with Crippen molar-refractivity contribution in [2.75, 3.05) is 0 Å². The standard InChI is InChI=1S/C15H18BrN/c1-9(2)10-6-7-14-12(8-10)11-4-3-5-13(16)15(11)17-14/h3-5,9-10,17H,6-8H2,1-2H3. The fraction of sp³-hybridized carbons (Fsp3) is 0.467. The van der Waals surface area contributed by atoms with Gasteiger partial charge in [0, 0.05) is 15.6 Å². The van der Waals surface area contributed by atoms with E-state index in [4.69, 9.17) is 0 Å². The first-order chi connectivity index (χ1) is 8.16. The number of aromatic nitrogens is 1. The Balaban J connectivity index is 2.12. The number of H-pyrrole nitrogens is 1. The summed E-state index contributed by atoms with van der Waals surface area (Å²) in [6.07, 6.45) is 3.78. The number of hydrogen-bond acceptors (Lipinski definition) is 0. The van der Waals surface area contributed by atoms with Crippen LogP contribution in [0.2, 0.25) is 0 Å². The highest BCUT2D eigenvalue weighted by Crippen LogP contribution is 2.36. The van der Waals surface area contributed by atoms with E-state index < -0.39 is 0 Å². The van der Waals surface area contributed by atoms with Gasteiger partial charge in [0.25, 0.3) is 0 Å². The third kappa shape index (κ3) is 1.83. The zero-order chi connectivity index (χ0) is 12.0. The van der Waals surface area contributed by atoms with Crippen molar-refractivity contribution in [3.63, 3.8) is 0 Å². The lowest BCUT2D eigenvalue weighted by molar-refractivity contribution is 0.342. The second kappa shape index (κ2) is 4.16. The minimum atomic E-state index is 0.792. The van der Waals surface area contributed by atoms with Gasteiger partial charge in [0.05, 0.1) is 5.52 Å². The summed E-state index contributed by atoms with van der Waals surface area (Å²) in [7, 11) is 0. The molecule has 0 amide bonds. The van der Waals surface area contributed by atoms with E-state index in [0.29, 0.717) is 0 Å². The Morgan fingerprint density at radius 3 is 2.94 bits per heavy atom. The Morgan fingerprint density at radius 1 is 1.35 bits per heavy atom. The minimum Gasteiger partial charge on any atom is -0.357 e. The van der Waals surface area contributed by atoms with Crippen molar-refractivity contribution in [2.24, 2.45) is 11.8 Å². The predicted octanol–water partition coefficient (Wildman–Crippen LogP) is 4.69. The van der Waals surface area contributed by atoms with Crippen molar-refractivity contribution >= 4 is 26.8 Å². The Bertz CT molecular complexity index is 553. The van der Waals surface area contributed by atoms with Crippen molar-refractivity contribution in [3.05, 3.63) is 33.9 Å². The topological polar surface area (TPSA) is 15.8 Å². The maximum Gasteiger partial charge on any atom is 0.0603 e. The molecule has 0 fully saturated rings. The Hall–Kier alpha value is -0.760. The molecule has 1 nitrogen and oxygen atoms in total. The lowest BCUT2D eigenvalue weighted by Gasteiger charge is -2.25. The summed E-state index contributed by atoms with van der Waals surface area (Å²) in [5, 5.41) is 1.42. The summed E-state index contributed by atoms with van der Waals surface area (Å²) in [6, 6.07) is 6.50. The molecule has 1 N–H and O–H groups in total. The van der Waals surface area contributed by atoms with E-state index in [-0.39, 0.29) is 0 Å². The highest BCUT2D eigenvalue weighted by Gasteiger charge is 2.24. The van der Waals surface area contributed by atoms with E-state index in [2.05, 4.69) is 53.0 Å². The molecule has 1 aliphatic rings. The van der Waals surface area contributed by atoms with Crippen molar-refractivity contribution in [1.82, 2.24) is 4.98 Å². The first-order valence-electron chi connectivity index (χ1n) is 6.44. The van der Waals surface area contributed by atoms with E-state index in [1.54, 1.807) is 5.56 Å². The van der Waals surface area contributed by atoms with Crippen LogP contribution in [-0.4, -0.2) is 4.98 Å². The molecule has 2 heteroatoms. The third-order valence-corrected chi connectivity index (χ3v) is 4.81. The van der Waals surface area contributed by atoms with E-state index in [1.165, 1.54) is 40.3 Å². The number of benzene rings is 1. The Labute approximate surface area is 111 Å². The quantitative estimate of drug-likeness (QED) is 0.784. The van der Waals surface area contributed by atoms with Crippen molar-refractivity contribution in [3.8, 4) is 0 Å². The van der Waals surface area contributed by atoms with Crippen LogP contribution < -0.4 is 0 Å². The number of aryl methyl sites for hydroxylation is 1. The average molecular weight is 292 g/mol. The molecule has 3 rings (SSSR count). The zero-order valence-electron chi connectivity index (χ0n) is 10.4. The van der Waals surface area contributed by atoms with Crippen LogP contribution in [0.1, 0.15) is 31.5 Å². The van der Waals surface area contributed by atoms with Crippen LogP contribution in [0.15, 0.2) is 22.7 Å². The SMILES string of the molecule is CC(C)C1CCc2[nH]c3c(Br)cccc3c2C1. The van der Waals surface area contributed by atoms with Crippen LogP contribution in [0, 0.1) is 11.8 Å². The molecule has 0 saturated carbocycles. The lowest BCUT2D eigenvalue weighted by atomic mass is 9.80. The Morgan fingerprint density at radius 2 is 2.18 bits per heavy atom. The number of rotatable bonds is 1. The van der Waals surface area contributed by atoms with Gasteiger partial charge in [-0.25, -0.2) is 0 Å². The number of nitrogens with one attached hydrogen (secondary N) is 1. The van der Waals surface area contributed by atoms with Gasteiger partial charge in [0.2, 0.25) is 0 Å². The van der Waals surface area contributed by atoms with Crippen LogP contribution >= 0.6 is 15.9 Å². The number of halogens is 1. The predicted molar refractivity (Wildman–Crippen MR) is 76.4 cm³/mol. The molecule has 1 unspecified atom stereocenters. The molecule has 0 saturated heterocycles. The van der Waals surface area contributed by atoms with E-state index in [1.807, 2.05) is 0 Å². The van der Waals surface area contributed by atoms with Gasteiger partial charge in [-0.1, -0.05) is 26.0 Å². The van der Waals surface area contributed by atoms with Gasteiger partial charge in [-0.05, 0) is 58.7 Å². The largest absolute Gasteiger partial charge is 0.357 e. The van der Waals surface area contributed by atoms with Gasteiger partial charge in [-0.15, -0.1) is 0 Å². The maximum absolute atomic E-state index is 3.64. The zero-order valence-corrected chi connectivity index (χ0v) is 12.0. The molecule has 1 aromatic carbocycles. The van der Waals surface area contributed by atoms with Gasteiger partial charge in [-0.2, -0.15) is 0 Å². The Kier molecular flexibility index (Phi) is 2.78. The molecule has 1 aromatic heterocycles. The summed E-state index contributed by atoms with van der Waals surface area (Å²) in [6.45, 7) is 4.70. The first-order valence-corrected chi connectivity index (χ1v) is 7.24. The van der Waals surface area contributed by atoms with Gasteiger partial charge in [0.1, 0.15) is 0 Å². The number of aromatic amines is 1. The second-order valence-corrected chi connectivity index (χ2v) is 6.35. The number of hydrogen-bond donors (Lipinski definition) is 1. The summed E-state index contributed by atoms with van der Waals surface area (Å²) >= 11 is 3.64. The van der Waals surface area contributed by atoms with Gasteiger partial charge >= 0.3 is 0 Å². The fourth-order valence-corrected chi connectivity index (χ4v) is 3.47. The summed E-state index contributed by atoms with van der Waals surface area (Å²) in [5.41, 5.74) is 4.30. The molecule has 90 valence electrons. The van der Waals surface area contributed by atoms with E-state index >= 15 is 0 Å². The molecule has 2 aromatic rings. The average Bonchev–Trinajstić information content (AvgIpc) is 2.68. The van der Waals surface area contributed by atoms with Crippen LogP contribution in [0.4, 0.5) is 0 Å². The van der Waals surface area contributed by atoms with Gasteiger partial charge < -0.3 is 4.98 Å². The number of fused-ring (bicyclic) bond motifs is 3. The minimum absolute atomic E-state index is 0.792. The lowest BCUT2D eigenvalue weighted by Crippen LogP contribution is -2.18. The monoisotopic (exact) mass is 291 g/mol. The molecule has 1 atom stereocenters. The molecular weight excluding hydrogens is 274 g/mol. The van der Waals surface area contributed by atoms with Crippen LogP contribution in [0.25, 0.3) is 10.9 Å². The van der Waals surface area contributed by atoms with Crippen molar-refractivity contribution in [2.45, 2.75) is 33.1 Å². The molecule has 1 aliphatic carbocycles. The van der Waals surface area contributed by atoms with E-state index in [0.717, 1.165) is 11.8 Å². The molecule has 1 heterocycles. The van der Waals surface area contributed by atoms with Gasteiger partial charge in [-0.3, -0.25) is 0 Å². The van der Waals surface area contributed by atoms with Crippen molar-refractivity contribution < 1.29 is 0 Å². The second-order valence-electron chi connectivity index (χ2n) is 5.49. The maximum atomic E-state index is 3.64. The van der Waals surface area contributed by atoms with Crippen molar-refractivity contribution in [1.29, 1.82) is 0 Å². The summed E-state index contributed by atoms with van der Waals surface area (Å²) in [4.78, 5) is 3.60. The first kappa shape index (κ1) is 11.3. The molecule has 0 bridgehead atoms. The van der Waals surface area contributed by atoms with Crippen LogP contribution in [0.3, 0.4) is 0 Å². The third-order valence-electron chi connectivity index (χ3n) is 4.15. The highest BCUT2D eigenvalue weighted by atomic mass is 79.9. The normalized spacial score (nSPS) is 19.9. The van der Waals surface area contributed by atoms with Gasteiger partial charge in [0.15, 0.2) is 0 Å². The molecular formula is C15H18BrN. The summed E-state index contributed by atoms with van der Waals surface area (Å²) < 4.78 is 1.19. The van der Waals surface area contributed by atoms with Crippen LogP contribution in [-0.2, 0) is 12.8 Å². The van der Waals surface area contributed by atoms with E-state index in [9.17, 15) is 0 Å². The van der Waals surface area contributed by atoms with Crippen LogP contribution in [0.5, 0.6) is 0 Å². The highest BCUT2D eigenvalue weighted by molar-refractivity contribution is 9.10. The smallest absolute Gasteiger partial charge is 0.0603 e. The number of para-hydroxylation sites is 1. The summed E-state index contributed by atoms with van der Waals surface area (Å²) in [5.74, 6) is 1.64. The molecule has 17 heavy (non-hydrogen) atoms.